The van der Waals surface area contributed by atoms with Crippen LogP contribution in [-0.4, -0.2) is 24.5 Å². The fraction of sp³-hybridized carbons (Fsp3) is 1.00. The third-order valence-corrected chi connectivity index (χ3v) is 4.79. The first kappa shape index (κ1) is 7.37. The molecule has 2 bridgehead atoms. The van der Waals surface area contributed by atoms with Crippen LogP contribution in [0.15, 0.2) is 0 Å². The van der Waals surface area contributed by atoms with E-state index in [-0.39, 0.29) is 0 Å². The van der Waals surface area contributed by atoms with Gasteiger partial charge in [-0.05, 0) is 56.5 Å². The van der Waals surface area contributed by atoms with E-state index >= 15 is 0 Å². The second-order valence-electron chi connectivity index (χ2n) is 5.30. The molecule has 3 rings (SSSR count). The van der Waals surface area contributed by atoms with Crippen molar-refractivity contribution in [3.63, 3.8) is 0 Å². The molecular formula is C11H19N. The number of fused-ring (bicyclic) bond motifs is 5. The lowest BCUT2D eigenvalue weighted by Crippen LogP contribution is -2.37. The summed E-state index contributed by atoms with van der Waals surface area (Å²) in [5.41, 5.74) is 0. The molecule has 5 unspecified atom stereocenters. The van der Waals surface area contributed by atoms with Crippen LogP contribution in [0.2, 0.25) is 0 Å². The van der Waals surface area contributed by atoms with Gasteiger partial charge < -0.3 is 4.90 Å². The minimum absolute atomic E-state index is 0.985. The van der Waals surface area contributed by atoms with Crippen molar-refractivity contribution >= 4 is 0 Å². The molecule has 1 heterocycles. The van der Waals surface area contributed by atoms with E-state index < -0.39 is 0 Å². The molecule has 0 amide bonds. The number of hydrogen-bond acceptors (Lipinski definition) is 1. The van der Waals surface area contributed by atoms with Crippen LogP contribution in [0, 0.1) is 23.7 Å². The van der Waals surface area contributed by atoms with Gasteiger partial charge in [-0.1, -0.05) is 6.92 Å². The Balaban J connectivity index is 1.90. The van der Waals surface area contributed by atoms with Crippen LogP contribution < -0.4 is 0 Å². The van der Waals surface area contributed by atoms with Gasteiger partial charge in [-0.25, -0.2) is 0 Å². The first-order valence-electron chi connectivity index (χ1n) is 5.47. The summed E-state index contributed by atoms with van der Waals surface area (Å²) in [6.45, 7) is 3.84. The lowest BCUT2D eigenvalue weighted by molar-refractivity contribution is 0.160. The molecule has 0 radical (unpaired) electrons. The molecule has 0 aromatic heterocycles. The van der Waals surface area contributed by atoms with Crippen molar-refractivity contribution in [2.24, 2.45) is 23.7 Å². The Labute approximate surface area is 75.1 Å². The van der Waals surface area contributed by atoms with Crippen molar-refractivity contribution < 1.29 is 0 Å². The van der Waals surface area contributed by atoms with E-state index in [1.54, 1.807) is 12.8 Å². The van der Waals surface area contributed by atoms with Crippen molar-refractivity contribution in [2.75, 3.05) is 13.6 Å². The van der Waals surface area contributed by atoms with Gasteiger partial charge in [0.15, 0.2) is 0 Å². The van der Waals surface area contributed by atoms with Gasteiger partial charge >= 0.3 is 0 Å². The molecule has 0 N–H and O–H groups in total. The van der Waals surface area contributed by atoms with E-state index in [2.05, 4.69) is 18.9 Å². The van der Waals surface area contributed by atoms with Crippen LogP contribution in [0.25, 0.3) is 0 Å². The Hall–Kier alpha value is -0.0400. The number of rotatable bonds is 0. The monoisotopic (exact) mass is 165 g/mol. The molecule has 1 saturated heterocycles. The molecule has 2 aliphatic carbocycles. The molecule has 1 heteroatoms. The summed E-state index contributed by atoms with van der Waals surface area (Å²) < 4.78 is 0. The van der Waals surface area contributed by atoms with Gasteiger partial charge in [-0.15, -0.1) is 0 Å². The number of hydrogen-bond donors (Lipinski definition) is 0. The van der Waals surface area contributed by atoms with Crippen LogP contribution in [-0.2, 0) is 0 Å². The van der Waals surface area contributed by atoms with Crippen LogP contribution in [0.4, 0.5) is 0 Å². The molecular weight excluding hydrogens is 146 g/mol. The predicted molar refractivity (Wildman–Crippen MR) is 49.9 cm³/mol. The largest absolute Gasteiger partial charge is 0.303 e. The third-order valence-electron chi connectivity index (χ3n) is 4.79. The van der Waals surface area contributed by atoms with Gasteiger partial charge in [0, 0.05) is 6.04 Å². The normalized spacial score (nSPS) is 58.0. The second-order valence-corrected chi connectivity index (χ2v) is 5.30. The van der Waals surface area contributed by atoms with Gasteiger partial charge in [-0.2, -0.15) is 0 Å². The Bertz CT molecular complexity index is 201. The van der Waals surface area contributed by atoms with Crippen molar-refractivity contribution in [2.45, 2.75) is 32.2 Å². The minimum Gasteiger partial charge on any atom is -0.303 e. The first-order chi connectivity index (χ1) is 5.77. The fourth-order valence-corrected chi connectivity index (χ4v) is 4.31. The summed E-state index contributed by atoms with van der Waals surface area (Å²) in [7, 11) is 2.33. The Morgan fingerprint density at radius 1 is 1.17 bits per heavy atom. The summed E-state index contributed by atoms with van der Waals surface area (Å²) >= 11 is 0. The zero-order chi connectivity index (χ0) is 8.29. The smallest absolute Gasteiger partial charge is 0.0154 e. The van der Waals surface area contributed by atoms with Gasteiger partial charge in [0.1, 0.15) is 0 Å². The van der Waals surface area contributed by atoms with Crippen molar-refractivity contribution in [1.29, 1.82) is 0 Å². The maximum absolute atomic E-state index is 2.63. The summed E-state index contributed by atoms with van der Waals surface area (Å²) in [6.07, 6.45) is 4.59. The highest BCUT2D eigenvalue weighted by atomic mass is 15.2. The third kappa shape index (κ3) is 0.736. The maximum atomic E-state index is 2.63. The van der Waals surface area contributed by atoms with Crippen molar-refractivity contribution in [3.05, 3.63) is 0 Å². The van der Waals surface area contributed by atoms with Gasteiger partial charge in [0.25, 0.3) is 0 Å². The topological polar surface area (TPSA) is 3.24 Å². The van der Waals surface area contributed by atoms with Gasteiger partial charge in [-0.3, -0.25) is 0 Å². The quantitative estimate of drug-likeness (QED) is 0.530. The second kappa shape index (κ2) is 2.25. The standard InChI is InChI=1S/C11H19N/c1-7-5-8-6-10(7)11-9(8)3-4-12(11)2/h7-11H,3-6H2,1-2H3. The number of nitrogens with zero attached hydrogens (tertiary/aromatic N) is 1. The predicted octanol–water partition coefficient (Wildman–Crippen LogP) is 1.98. The first-order valence-corrected chi connectivity index (χ1v) is 5.47. The molecule has 2 saturated carbocycles. The molecule has 0 aromatic rings. The zero-order valence-electron chi connectivity index (χ0n) is 8.16. The summed E-state index contributed by atoms with van der Waals surface area (Å²) in [5, 5.41) is 0. The molecule has 1 nitrogen and oxygen atoms in total. The molecule has 3 fully saturated rings. The average Bonchev–Trinajstić information content (AvgIpc) is 2.62. The molecule has 12 heavy (non-hydrogen) atoms. The lowest BCUT2D eigenvalue weighted by atomic mass is 9.80. The van der Waals surface area contributed by atoms with E-state index in [1.165, 1.54) is 13.0 Å². The van der Waals surface area contributed by atoms with Crippen LogP contribution in [0.5, 0.6) is 0 Å². The Morgan fingerprint density at radius 2 is 2.00 bits per heavy atom. The molecule has 1 aliphatic heterocycles. The highest BCUT2D eigenvalue weighted by Crippen LogP contribution is 2.56. The Kier molecular flexibility index (Phi) is 1.39. The highest BCUT2D eigenvalue weighted by Gasteiger charge is 2.54. The summed E-state index contributed by atoms with van der Waals surface area (Å²) in [5.74, 6) is 4.29. The molecule has 0 aromatic carbocycles. The van der Waals surface area contributed by atoms with E-state index in [9.17, 15) is 0 Å². The summed E-state index contributed by atoms with van der Waals surface area (Å²) in [6, 6.07) is 0.985. The van der Waals surface area contributed by atoms with Crippen molar-refractivity contribution in [1.82, 2.24) is 4.90 Å². The van der Waals surface area contributed by atoms with E-state index in [4.69, 9.17) is 0 Å². The molecule has 0 spiro atoms. The highest BCUT2D eigenvalue weighted by molar-refractivity contribution is 5.06. The maximum Gasteiger partial charge on any atom is 0.0154 e. The van der Waals surface area contributed by atoms with Gasteiger partial charge in [0.2, 0.25) is 0 Å². The average molecular weight is 165 g/mol. The van der Waals surface area contributed by atoms with E-state index in [0.29, 0.717) is 0 Å². The molecule has 68 valence electrons. The van der Waals surface area contributed by atoms with E-state index in [1.807, 2.05) is 0 Å². The van der Waals surface area contributed by atoms with Crippen molar-refractivity contribution in [3.8, 4) is 0 Å². The van der Waals surface area contributed by atoms with E-state index in [0.717, 1.165) is 29.7 Å². The zero-order valence-corrected chi connectivity index (χ0v) is 8.16. The molecule has 3 aliphatic rings. The van der Waals surface area contributed by atoms with Crippen LogP contribution in [0.1, 0.15) is 26.2 Å². The lowest BCUT2D eigenvalue weighted by Gasteiger charge is -2.32. The molecule has 5 atom stereocenters. The SMILES string of the molecule is CC1CC2CC1C1C2CCN1C. The summed E-state index contributed by atoms with van der Waals surface area (Å²) in [4.78, 5) is 2.63. The minimum atomic E-state index is 0.985. The fourth-order valence-electron chi connectivity index (χ4n) is 4.31. The Morgan fingerprint density at radius 3 is 2.83 bits per heavy atom. The van der Waals surface area contributed by atoms with Gasteiger partial charge in [0.05, 0.1) is 0 Å². The van der Waals surface area contributed by atoms with Crippen LogP contribution in [0.3, 0.4) is 0 Å². The van der Waals surface area contributed by atoms with Crippen LogP contribution >= 0.6 is 0 Å². The number of likely N-dealkylation sites (tertiary alicyclic amines) is 1.